The Balaban J connectivity index is 1.18. The zero-order valence-corrected chi connectivity index (χ0v) is 33.1. The van der Waals surface area contributed by atoms with E-state index in [1.807, 2.05) is 33.8 Å². The summed E-state index contributed by atoms with van der Waals surface area (Å²) >= 11 is 0. The van der Waals surface area contributed by atoms with Crippen molar-refractivity contribution in [2.75, 3.05) is 5.32 Å². The summed E-state index contributed by atoms with van der Waals surface area (Å²) < 4.78 is 53.5. The zero-order chi connectivity index (χ0) is 42.0. The minimum Gasteiger partial charge on any atom is -0.457 e. The molecule has 57 heavy (non-hydrogen) atoms. The largest absolute Gasteiger partial charge is 0.519 e. The molecular weight excluding hydrogens is 753 g/mol. The second kappa shape index (κ2) is 16.8. The number of nitrogens with zero attached hydrogens (tertiary/aromatic N) is 4. The number of rotatable bonds is 13. The van der Waals surface area contributed by atoms with Crippen molar-refractivity contribution in [3.8, 4) is 5.75 Å². The number of fused-ring (bicyclic) bond motifs is 1. The molecule has 0 spiro atoms. The van der Waals surface area contributed by atoms with Crippen LogP contribution in [0.1, 0.15) is 89.0 Å². The molecular formula is C38H46FN5O13. The monoisotopic (exact) mass is 799 g/mol. The summed E-state index contributed by atoms with van der Waals surface area (Å²) in [5, 5.41) is 13.5. The van der Waals surface area contributed by atoms with Crippen LogP contribution in [-0.2, 0) is 51.9 Å². The third-order valence-electron chi connectivity index (χ3n) is 9.18. The van der Waals surface area contributed by atoms with E-state index in [1.165, 1.54) is 38.6 Å². The van der Waals surface area contributed by atoms with Gasteiger partial charge >= 0.3 is 35.9 Å². The van der Waals surface area contributed by atoms with E-state index in [0.29, 0.717) is 11.3 Å². The molecule has 1 aliphatic rings. The summed E-state index contributed by atoms with van der Waals surface area (Å²) in [5.41, 5.74) is 0.247. The molecule has 0 saturated carbocycles. The van der Waals surface area contributed by atoms with Gasteiger partial charge in [-0.05, 0) is 58.7 Å². The lowest BCUT2D eigenvalue weighted by molar-refractivity contribution is -0.195. The number of hydrogen-bond acceptors (Lipinski definition) is 16. The van der Waals surface area contributed by atoms with Crippen LogP contribution in [0.5, 0.6) is 5.75 Å². The maximum Gasteiger partial charge on any atom is 0.519 e. The number of aliphatic hydroxyl groups is 1. The molecule has 3 aromatic heterocycles. The van der Waals surface area contributed by atoms with E-state index in [4.69, 9.17) is 32.5 Å². The van der Waals surface area contributed by atoms with Crippen molar-refractivity contribution in [3.05, 3.63) is 63.4 Å². The number of ether oxygens (including phenoxy) is 5. The van der Waals surface area contributed by atoms with Gasteiger partial charge in [0, 0.05) is 24.3 Å². The Kier molecular flexibility index (Phi) is 12.5. The molecule has 0 bridgehead atoms. The minimum atomic E-state index is -1.40. The molecule has 19 heteroatoms. The minimum absolute atomic E-state index is 0.00266. The van der Waals surface area contributed by atoms with Crippen LogP contribution in [0.3, 0.4) is 0 Å². The molecule has 2 N–H and O–H groups in total. The van der Waals surface area contributed by atoms with Gasteiger partial charge in [0.1, 0.15) is 11.4 Å². The van der Waals surface area contributed by atoms with Crippen LogP contribution in [0.4, 0.5) is 15.0 Å². The molecule has 5 rings (SSSR count). The predicted octanol–water partition coefficient (Wildman–Crippen LogP) is 4.64. The maximum absolute atomic E-state index is 14.7. The number of anilines is 1. The zero-order valence-electron chi connectivity index (χ0n) is 33.1. The van der Waals surface area contributed by atoms with Crippen molar-refractivity contribution in [3.63, 3.8) is 0 Å². The Morgan fingerprint density at radius 1 is 1.05 bits per heavy atom. The first-order valence-electron chi connectivity index (χ1n) is 18.1. The van der Waals surface area contributed by atoms with Crippen LogP contribution in [-0.4, -0.2) is 78.6 Å². The highest BCUT2D eigenvalue weighted by Crippen LogP contribution is 2.39. The van der Waals surface area contributed by atoms with Crippen molar-refractivity contribution >= 4 is 41.0 Å². The second-order valence-corrected chi connectivity index (χ2v) is 15.3. The van der Waals surface area contributed by atoms with Crippen molar-refractivity contribution in [2.24, 2.45) is 0 Å². The number of benzene rings is 1. The van der Waals surface area contributed by atoms with Gasteiger partial charge in [-0.3, -0.25) is 19.7 Å². The van der Waals surface area contributed by atoms with Crippen molar-refractivity contribution in [1.82, 2.24) is 19.5 Å². The normalized spacial score (nSPS) is 18.6. The summed E-state index contributed by atoms with van der Waals surface area (Å²) in [7, 11) is 0. The Labute approximate surface area is 326 Å². The summed E-state index contributed by atoms with van der Waals surface area (Å²) in [6.07, 6.45) is -4.85. The van der Waals surface area contributed by atoms with Crippen LogP contribution in [0.25, 0.3) is 11.2 Å². The van der Waals surface area contributed by atoms with E-state index in [9.17, 15) is 33.5 Å². The molecule has 308 valence electrons. The van der Waals surface area contributed by atoms with Crippen LogP contribution in [0.15, 0.2) is 32.1 Å². The number of halogens is 1. The second-order valence-electron chi connectivity index (χ2n) is 15.3. The van der Waals surface area contributed by atoms with Crippen LogP contribution < -0.4 is 15.9 Å². The number of aryl methyl sites for hydroxylation is 3. The van der Waals surface area contributed by atoms with Gasteiger partial charge < -0.3 is 42.2 Å². The average molecular weight is 800 g/mol. The smallest absolute Gasteiger partial charge is 0.457 e. The van der Waals surface area contributed by atoms with Crippen molar-refractivity contribution in [1.29, 1.82) is 0 Å². The van der Waals surface area contributed by atoms with Gasteiger partial charge in [0.2, 0.25) is 0 Å². The van der Waals surface area contributed by atoms with E-state index >= 15 is 0 Å². The third-order valence-corrected chi connectivity index (χ3v) is 9.18. The molecule has 4 heterocycles. The number of esters is 3. The highest BCUT2D eigenvalue weighted by atomic mass is 19.1. The number of aromatic nitrogens is 4. The number of nitrogens with one attached hydrogen (secondary N) is 1. The molecule has 2 unspecified atom stereocenters. The van der Waals surface area contributed by atoms with E-state index in [-0.39, 0.29) is 60.9 Å². The quantitative estimate of drug-likeness (QED) is 0.0811. The fourth-order valence-corrected chi connectivity index (χ4v) is 6.94. The lowest BCUT2D eigenvalue weighted by Gasteiger charge is -2.38. The number of hydrogen-bond donors (Lipinski definition) is 2. The fourth-order valence-electron chi connectivity index (χ4n) is 6.94. The van der Waals surface area contributed by atoms with E-state index < -0.39 is 71.3 Å². The predicted molar refractivity (Wildman–Crippen MR) is 196 cm³/mol. The van der Waals surface area contributed by atoms with Crippen molar-refractivity contribution < 1.29 is 61.2 Å². The first-order valence-corrected chi connectivity index (χ1v) is 18.1. The first kappa shape index (κ1) is 42.5. The van der Waals surface area contributed by atoms with E-state index in [0.717, 1.165) is 11.1 Å². The lowest BCUT2D eigenvalue weighted by Crippen LogP contribution is -2.50. The maximum atomic E-state index is 14.7. The van der Waals surface area contributed by atoms with Crippen LogP contribution in [0.2, 0.25) is 0 Å². The molecule has 0 aliphatic carbocycles. The van der Waals surface area contributed by atoms with Gasteiger partial charge in [0.25, 0.3) is 0 Å². The van der Waals surface area contributed by atoms with Gasteiger partial charge in [0.05, 0.1) is 44.0 Å². The molecule has 1 aliphatic heterocycles. The Bertz CT molecular complexity index is 2210. The van der Waals surface area contributed by atoms with Gasteiger partial charge in [-0.2, -0.15) is 14.4 Å². The van der Waals surface area contributed by atoms with Gasteiger partial charge in [-0.1, -0.05) is 19.9 Å². The summed E-state index contributed by atoms with van der Waals surface area (Å²) in [6.45, 7) is 14.4. The number of carbonyl (C=O) groups excluding carboxylic acids is 4. The first-order chi connectivity index (χ1) is 26.6. The Hall–Kier alpha value is -5.69. The number of aliphatic hydroxyl groups excluding tert-OH is 1. The van der Waals surface area contributed by atoms with E-state index in [2.05, 4.69) is 20.3 Å². The Morgan fingerprint density at radius 3 is 2.42 bits per heavy atom. The fraction of sp³-hybridized carbons (Fsp3) is 0.526. The van der Waals surface area contributed by atoms with E-state index in [1.54, 1.807) is 13.0 Å². The molecule has 4 atom stereocenters. The molecule has 4 aromatic rings. The summed E-state index contributed by atoms with van der Waals surface area (Å²) in [4.78, 5) is 73.3. The molecule has 1 amide bonds. The molecule has 1 saturated heterocycles. The average Bonchev–Trinajstić information content (AvgIpc) is 3.60. The Morgan fingerprint density at radius 2 is 1.77 bits per heavy atom. The highest BCUT2D eigenvalue weighted by molar-refractivity contribution is 5.93. The molecule has 18 nitrogen and oxygen atoms in total. The summed E-state index contributed by atoms with van der Waals surface area (Å²) in [6, 6.07) is 3.68. The SMILES string of the molecule is CC(=O)Oc1cc(C)cc(C)c1C(C)(C)CC(=O)OC1C(C)O[C@@H](Cn2cnc3c(NC(=O)OC(C)(C)CC(=O)OCc4oc(=O)oc4C)nc(F)nc32)C[C@@H]1O. The number of carbonyl (C=O) groups is 4. The van der Waals surface area contributed by atoms with Crippen LogP contribution in [0, 0.1) is 26.8 Å². The highest BCUT2D eigenvalue weighted by Gasteiger charge is 2.40. The third kappa shape index (κ3) is 10.6. The van der Waals surface area contributed by atoms with Gasteiger partial charge in [-0.25, -0.2) is 14.6 Å². The number of amides is 1. The topological polar surface area (TPSA) is 234 Å². The van der Waals surface area contributed by atoms with Gasteiger partial charge in [0.15, 0.2) is 41.2 Å². The summed E-state index contributed by atoms with van der Waals surface area (Å²) in [5.74, 6) is -2.53. The lowest BCUT2D eigenvalue weighted by atomic mass is 9.78. The van der Waals surface area contributed by atoms with Crippen molar-refractivity contribution in [2.45, 2.75) is 130 Å². The van der Waals surface area contributed by atoms with Crippen LogP contribution >= 0.6 is 0 Å². The van der Waals surface area contributed by atoms with Gasteiger partial charge in [-0.15, -0.1) is 0 Å². The number of imidazole rings is 1. The molecule has 1 fully saturated rings. The molecule has 1 aromatic carbocycles. The standard InChI is InChI=1S/C38H46FN5O13/c1-18-10-19(2)29(25(11-18)54-22(5)45)37(6,7)13-28(48)56-31-21(4)52-23(12-24(31)46)15-44-17-40-30-32(41-34(39)43-33(30)44)42-35(49)57-38(8,9)14-27(47)51-16-26-20(3)53-36(50)55-26/h10-11,17,21,23-24,31,46H,12-16H2,1-9H3,(H,41,42,43,49)/t21?,23-,24+,31?/m1/s1. The molecule has 0 radical (unpaired) electrons.